The monoisotopic (exact) mass is 410 g/mol. The van der Waals surface area contributed by atoms with Gasteiger partial charge in [-0.1, -0.05) is 0 Å². The smallest absolute Gasteiger partial charge is 0.327 e. The number of ether oxygens (including phenoxy) is 1. The number of fused-ring (bicyclic) bond motifs is 1. The molecule has 2 aromatic rings. The van der Waals surface area contributed by atoms with E-state index in [1.165, 1.54) is 0 Å². The van der Waals surface area contributed by atoms with Gasteiger partial charge in [-0.2, -0.15) is 0 Å². The Morgan fingerprint density at radius 1 is 1.14 bits per heavy atom. The average Bonchev–Trinajstić information content (AvgIpc) is 3.13. The number of carbonyl (C=O) groups excluding carboxylic acids is 3. The molecule has 3 heterocycles. The second-order valence-electron chi connectivity index (χ2n) is 6.80. The topological polar surface area (TPSA) is 205 Å². The van der Waals surface area contributed by atoms with Crippen molar-refractivity contribution in [3.05, 3.63) is 27.2 Å². The fourth-order valence-corrected chi connectivity index (χ4v) is 3.94. The van der Waals surface area contributed by atoms with Gasteiger partial charge in [-0.15, -0.1) is 0 Å². The normalized spacial score (nSPS) is 31.9. The van der Waals surface area contributed by atoms with Crippen molar-refractivity contribution in [3.8, 4) is 0 Å². The summed E-state index contributed by atoms with van der Waals surface area (Å²) >= 11 is 0. The molecule has 0 saturated carbocycles. The van der Waals surface area contributed by atoms with Gasteiger partial charge in [0.1, 0.15) is 18.1 Å². The Morgan fingerprint density at radius 2 is 1.76 bits per heavy atom. The zero-order valence-corrected chi connectivity index (χ0v) is 15.5. The first-order chi connectivity index (χ1) is 13.4. The number of hydrogen-bond acceptors (Lipinski definition) is 10. The molecule has 1 aliphatic heterocycles. The highest BCUT2D eigenvalue weighted by Crippen LogP contribution is 2.52. The Balaban J connectivity index is 2.53. The maximum Gasteiger partial charge on any atom is 0.327 e. The summed E-state index contributed by atoms with van der Waals surface area (Å²) in [5.74, 6) is -3.48. The van der Waals surface area contributed by atoms with Gasteiger partial charge in [0.05, 0.1) is 6.61 Å². The van der Waals surface area contributed by atoms with Gasteiger partial charge in [0.2, 0.25) is 11.3 Å². The van der Waals surface area contributed by atoms with Crippen LogP contribution in [0.25, 0.3) is 11.2 Å². The van der Waals surface area contributed by atoms with E-state index in [4.69, 9.17) is 4.74 Å². The van der Waals surface area contributed by atoms with Gasteiger partial charge >= 0.3 is 5.69 Å². The Bertz CT molecular complexity index is 1160. The van der Waals surface area contributed by atoms with E-state index in [9.17, 15) is 39.3 Å². The molecule has 1 saturated heterocycles. The molecule has 0 spiro atoms. The highest BCUT2D eigenvalue weighted by Gasteiger charge is 2.80. The molecule has 156 valence electrons. The van der Waals surface area contributed by atoms with Crippen LogP contribution in [0.2, 0.25) is 0 Å². The van der Waals surface area contributed by atoms with E-state index in [1.54, 1.807) is 0 Å². The Morgan fingerprint density at radius 3 is 2.24 bits per heavy atom. The number of rotatable bonds is 5. The number of aliphatic hydroxyl groups is 3. The maximum atomic E-state index is 12.8. The zero-order valence-electron chi connectivity index (χ0n) is 15.5. The standard InChI is InChI=1S/C16H18N4O9/c1-6(22)14(27)9(4-21)29-16(8(3)24,15(14,28)7(2)23)20-5-17-10-11(20)18-13(26)19-12(10)25/h5,9,21,27-28H,4H2,1-3H3,(H2,18,19,25,26)/t9-,14-,15-,16-/m1/s1. The minimum absolute atomic E-state index is 0.376. The van der Waals surface area contributed by atoms with Crippen molar-refractivity contribution in [2.24, 2.45) is 0 Å². The summed E-state index contributed by atoms with van der Waals surface area (Å²) in [5, 5.41) is 32.1. The molecule has 29 heavy (non-hydrogen) atoms. The lowest BCUT2D eigenvalue weighted by molar-refractivity contribution is -0.206. The summed E-state index contributed by atoms with van der Waals surface area (Å²) in [5.41, 5.74) is -11.8. The summed E-state index contributed by atoms with van der Waals surface area (Å²) in [6.07, 6.45) is -1.07. The van der Waals surface area contributed by atoms with Crippen LogP contribution < -0.4 is 11.2 Å². The van der Waals surface area contributed by atoms with Crippen molar-refractivity contribution < 1.29 is 34.4 Å². The molecule has 0 bridgehead atoms. The van der Waals surface area contributed by atoms with Crippen molar-refractivity contribution in [3.63, 3.8) is 0 Å². The number of aromatic nitrogens is 4. The SMILES string of the molecule is CC(=O)[C@@]1(O)[C@@](O)(C(C)=O)[C@@H](CO)O[C@@]1(C(C)=O)n1cnc2c(=O)[nH]c(=O)[nH]c21. The molecule has 13 heteroatoms. The molecule has 2 aromatic heterocycles. The summed E-state index contributed by atoms with van der Waals surface area (Å²) in [6, 6.07) is 0. The lowest BCUT2D eigenvalue weighted by atomic mass is 9.69. The largest absolute Gasteiger partial charge is 0.394 e. The van der Waals surface area contributed by atoms with Gasteiger partial charge < -0.3 is 20.1 Å². The number of hydrogen-bond donors (Lipinski definition) is 5. The number of carbonyl (C=O) groups is 3. The third-order valence-electron chi connectivity index (χ3n) is 5.29. The van der Waals surface area contributed by atoms with Crippen LogP contribution in [-0.4, -0.2) is 76.1 Å². The molecular formula is C16H18N4O9. The highest BCUT2D eigenvalue weighted by atomic mass is 16.6. The molecule has 3 rings (SSSR count). The van der Waals surface area contributed by atoms with Crippen LogP contribution in [0.4, 0.5) is 0 Å². The van der Waals surface area contributed by atoms with E-state index in [1.807, 2.05) is 4.98 Å². The molecule has 0 aromatic carbocycles. The van der Waals surface area contributed by atoms with Crippen molar-refractivity contribution in [1.82, 2.24) is 19.5 Å². The van der Waals surface area contributed by atoms with Gasteiger partial charge in [0.25, 0.3) is 5.56 Å². The number of Topliss-reactive ketones (excluding diaryl/α,β-unsaturated/α-hetero) is 3. The number of ketones is 3. The summed E-state index contributed by atoms with van der Waals surface area (Å²) < 4.78 is 6.18. The fourth-order valence-electron chi connectivity index (χ4n) is 3.94. The zero-order chi connectivity index (χ0) is 21.9. The van der Waals surface area contributed by atoms with Gasteiger partial charge in [-0.05, 0) is 20.8 Å². The molecule has 1 fully saturated rings. The van der Waals surface area contributed by atoms with Crippen molar-refractivity contribution in [1.29, 1.82) is 0 Å². The quantitative estimate of drug-likeness (QED) is 0.332. The van der Waals surface area contributed by atoms with E-state index in [0.29, 0.717) is 4.57 Å². The molecule has 1 aliphatic rings. The molecule has 0 aliphatic carbocycles. The third kappa shape index (κ3) is 2.23. The van der Waals surface area contributed by atoms with E-state index >= 15 is 0 Å². The first-order valence-electron chi connectivity index (χ1n) is 8.36. The van der Waals surface area contributed by atoms with Gasteiger partial charge in [-0.25, -0.2) is 9.78 Å². The van der Waals surface area contributed by atoms with Crippen molar-refractivity contribution in [2.75, 3.05) is 6.61 Å². The predicted molar refractivity (Wildman–Crippen MR) is 92.8 cm³/mol. The second kappa shape index (κ2) is 6.25. The molecule has 4 atom stereocenters. The van der Waals surface area contributed by atoms with Crippen molar-refractivity contribution in [2.45, 2.75) is 43.8 Å². The number of nitrogens with one attached hydrogen (secondary N) is 2. The second-order valence-corrected chi connectivity index (χ2v) is 6.80. The lowest BCUT2D eigenvalue weighted by Crippen LogP contribution is -2.72. The van der Waals surface area contributed by atoms with E-state index < -0.39 is 63.9 Å². The van der Waals surface area contributed by atoms with E-state index in [-0.39, 0.29) is 5.52 Å². The number of aliphatic hydroxyl groups excluding tert-OH is 1. The van der Waals surface area contributed by atoms with Gasteiger partial charge in [0, 0.05) is 0 Å². The molecule has 0 unspecified atom stereocenters. The van der Waals surface area contributed by atoms with Crippen LogP contribution in [0.1, 0.15) is 20.8 Å². The molecule has 5 N–H and O–H groups in total. The highest BCUT2D eigenvalue weighted by molar-refractivity contribution is 6.05. The van der Waals surface area contributed by atoms with Crippen LogP contribution in [0.3, 0.4) is 0 Å². The summed E-state index contributed by atoms with van der Waals surface area (Å²) in [6.45, 7) is 1.49. The number of H-pyrrole nitrogens is 2. The van der Waals surface area contributed by atoms with Crippen LogP contribution in [0.5, 0.6) is 0 Å². The molecule has 13 nitrogen and oxygen atoms in total. The van der Waals surface area contributed by atoms with Crippen molar-refractivity contribution >= 4 is 28.5 Å². The molecule has 0 radical (unpaired) electrons. The third-order valence-corrected chi connectivity index (χ3v) is 5.29. The lowest BCUT2D eigenvalue weighted by Gasteiger charge is -2.42. The minimum Gasteiger partial charge on any atom is -0.394 e. The van der Waals surface area contributed by atoms with E-state index in [2.05, 4.69) is 9.97 Å². The predicted octanol–water partition coefficient (Wildman–Crippen LogP) is -3.31. The van der Waals surface area contributed by atoms with E-state index in [0.717, 1.165) is 27.1 Å². The molecule has 0 amide bonds. The van der Waals surface area contributed by atoms with Crippen LogP contribution in [0.15, 0.2) is 15.9 Å². The Labute approximate surface area is 161 Å². The Hall–Kier alpha value is -3.00. The van der Waals surface area contributed by atoms with Gasteiger partial charge in [-0.3, -0.25) is 33.7 Å². The first-order valence-corrected chi connectivity index (χ1v) is 8.36. The van der Waals surface area contributed by atoms with Crippen LogP contribution in [-0.2, 0) is 24.8 Å². The first kappa shape index (κ1) is 20.7. The fraction of sp³-hybridized carbons (Fsp3) is 0.500. The van der Waals surface area contributed by atoms with Crippen LogP contribution in [0, 0.1) is 0 Å². The number of aromatic amines is 2. The van der Waals surface area contributed by atoms with Crippen LogP contribution >= 0.6 is 0 Å². The maximum absolute atomic E-state index is 12.8. The number of imidazole rings is 1. The molecular weight excluding hydrogens is 392 g/mol. The Kier molecular flexibility index (Phi) is 4.47. The minimum atomic E-state index is -3.24. The summed E-state index contributed by atoms with van der Waals surface area (Å²) in [4.78, 5) is 69.3. The summed E-state index contributed by atoms with van der Waals surface area (Å²) in [7, 11) is 0. The van der Waals surface area contributed by atoms with Gasteiger partial charge in [0.15, 0.2) is 28.5 Å². The average molecular weight is 410 g/mol. The number of nitrogens with zero attached hydrogens (tertiary/aromatic N) is 2.